The molecule has 0 atom stereocenters. The fraction of sp³-hybridized carbons (Fsp3) is 0.455. The van der Waals surface area contributed by atoms with Crippen LogP contribution in [0.5, 0.6) is 0 Å². The SMILES string of the molecule is CCNc1cn2ccnc2c(NCCSC(F)(F)F)n1. The zero-order valence-electron chi connectivity index (χ0n) is 10.7. The average molecular weight is 305 g/mol. The van der Waals surface area contributed by atoms with Crippen molar-refractivity contribution in [2.24, 2.45) is 0 Å². The summed E-state index contributed by atoms with van der Waals surface area (Å²) in [6.45, 7) is 2.80. The molecule has 0 aliphatic rings. The number of fused-ring (bicyclic) bond motifs is 1. The predicted molar refractivity (Wildman–Crippen MR) is 74.2 cm³/mol. The molecule has 0 spiro atoms. The smallest absolute Gasteiger partial charge is 0.369 e. The molecule has 0 unspecified atom stereocenters. The van der Waals surface area contributed by atoms with Crippen LogP contribution in [0.4, 0.5) is 24.8 Å². The number of hydrogen-bond donors (Lipinski definition) is 2. The monoisotopic (exact) mass is 305 g/mol. The van der Waals surface area contributed by atoms with E-state index in [-0.39, 0.29) is 24.1 Å². The van der Waals surface area contributed by atoms with Gasteiger partial charge in [0.15, 0.2) is 11.5 Å². The molecule has 0 aromatic carbocycles. The summed E-state index contributed by atoms with van der Waals surface area (Å²) < 4.78 is 37.9. The average Bonchev–Trinajstić information content (AvgIpc) is 2.82. The molecule has 2 heterocycles. The number of nitrogens with zero attached hydrogens (tertiary/aromatic N) is 3. The highest BCUT2D eigenvalue weighted by Gasteiger charge is 2.27. The van der Waals surface area contributed by atoms with E-state index < -0.39 is 5.51 Å². The molecule has 110 valence electrons. The minimum atomic E-state index is -4.21. The molecule has 9 heteroatoms. The standard InChI is InChI=1S/C11H14F3N5S/c1-2-15-8-7-19-5-3-17-10(19)9(18-8)16-4-6-20-11(12,13)14/h3,5,7,15H,2,4,6H2,1H3,(H,16,18). The van der Waals surface area contributed by atoms with Crippen molar-refractivity contribution in [2.75, 3.05) is 29.5 Å². The van der Waals surface area contributed by atoms with E-state index in [0.717, 1.165) is 0 Å². The summed E-state index contributed by atoms with van der Waals surface area (Å²) in [6.07, 6.45) is 5.15. The first-order valence-corrected chi connectivity index (χ1v) is 7.00. The van der Waals surface area contributed by atoms with E-state index in [0.29, 0.717) is 23.8 Å². The van der Waals surface area contributed by atoms with Crippen molar-refractivity contribution in [1.29, 1.82) is 0 Å². The molecule has 0 saturated carbocycles. The second kappa shape index (κ2) is 6.21. The van der Waals surface area contributed by atoms with Gasteiger partial charge >= 0.3 is 5.51 Å². The third kappa shape index (κ3) is 3.92. The lowest BCUT2D eigenvalue weighted by atomic mass is 10.5. The molecular formula is C11H14F3N5S. The highest BCUT2D eigenvalue weighted by Crippen LogP contribution is 2.29. The van der Waals surface area contributed by atoms with Crippen molar-refractivity contribution in [3.05, 3.63) is 18.6 Å². The molecule has 2 N–H and O–H groups in total. The maximum absolute atomic E-state index is 12.0. The van der Waals surface area contributed by atoms with E-state index in [2.05, 4.69) is 20.6 Å². The number of imidazole rings is 1. The van der Waals surface area contributed by atoms with Crippen LogP contribution in [0.3, 0.4) is 0 Å². The molecule has 0 amide bonds. The van der Waals surface area contributed by atoms with Gasteiger partial charge in [0.1, 0.15) is 5.82 Å². The maximum Gasteiger partial charge on any atom is 0.441 e. The topological polar surface area (TPSA) is 54.2 Å². The summed E-state index contributed by atoms with van der Waals surface area (Å²) in [5, 5.41) is 5.95. The maximum atomic E-state index is 12.0. The van der Waals surface area contributed by atoms with Gasteiger partial charge in [-0.25, -0.2) is 9.97 Å². The molecule has 0 saturated heterocycles. The van der Waals surface area contributed by atoms with Crippen LogP contribution in [0.1, 0.15) is 6.92 Å². The van der Waals surface area contributed by atoms with E-state index in [4.69, 9.17) is 0 Å². The summed E-state index contributed by atoms with van der Waals surface area (Å²) in [5.41, 5.74) is -3.62. The molecule has 5 nitrogen and oxygen atoms in total. The minimum absolute atomic E-state index is 0.0584. The van der Waals surface area contributed by atoms with Gasteiger partial charge in [-0.2, -0.15) is 13.2 Å². The van der Waals surface area contributed by atoms with Gasteiger partial charge in [-0.05, 0) is 18.7 Å². The lowest BCUT2D eigenvalue weighted by molar-refractivity contribution is -0.0327. The Kier molecular flexibility index (Phi) is 4.58. The van der Waals surface area contributed by atoms with Gasteiger partial charge in [-0.1, -0.05) is 0 Å². The predicted octanol–water partition coefficient (Wildman–Crippen LogP) is 2.83. The van der Waals surface area contributed by atoms with Crippen molar-refractivity contribution in [3.8, 4) is 0 Å². The molecule has 2 aromatic heterocycles. The number of thioether (sulfide) groups is 1. The third-order valence-corrected chi connectivity index (χ3v) is 3.13. The normalized spacial score (nSPS) is 11.8. The number of halogens is 3. The third-order valence-electron chi connectivity index (χ3n) is 2.39. The molecule has 2 aromatic rings. The number of hydrogen-bond acceptors (Lipinski definition) is 5. The van der Waals surface area contributed by atoms with Crippen molar-refractivity contribution in [1.82, 2.24) is 14.4 Å². The lowest BCUT2D eigenvalue weighted by Crippen LogP contribution is -2.12. The van der Waals surface area contributed by atoms with Crippen LogP contribution in [0, 0.1) is 0 Å². The summed E-state index contributed by atoms with van der Waals surface area (Å²) in [7, 11) is 0. The second-order valence-corrected chi connectivity index (χ2v) is 5.04. The Balaban J connectivity index is 2.06. The van der Waals surface area contributed by atoms with E-state index in [9.17, 15) is 13.2 Å². The number of anilines is 2. The van der Waals surface area contributed by atoms with E-state index in [1.165, 1.54) is 0 Å². The Morgan fingerprint density at radius 3 is 2.85 bits per heavy atom. The lowest BCUT2D eigenvalue weighted by Gasteiger charge is -2.10. The van der Waals surface area contributed by atoms with Crippen molar-refractivity contribution >= 4 is 29.0 Å². The van der Waals surface area contributed by atoms with Crippen LogP contribution in [0.25, 0.3) is 5.65 Å². The van der Waals surface area contributed by atoms with Crippen LogP contribution in [0.2, 0.25) is 0 Å². The molecule has 0 radical (unpaired) electrons. The van der Waals surface area contributed by atoms with Crippen molar-refractivity contribution < 1.29 is 13.2 Å². The fourth-order valence-corrected chi connectivity index (χ4v) is 2.09. The van der Waals surface area contributed by atoms with Crippen molar-refractivity contribution in [2.45, 2.75) is 12.4 Å². The van der Waals surface area contributed by atoms with Crippen LogP contribution < -0.4 is 10.6 Å². The summed E-state index contributed by atoms with van der Waals surface area (Å²) in [5.74, 6) is 1.03. The Morgan fingerprint density at radius 2 is 2.15 bits per heavy atom. The Hall–Kier alpha value is -1.64. The Bertz CT molecular complexity index is 569. The Morgan fingerprint density at radius 1 is 1.35 bits per heavy atom. The molecule has 0 aliphatic heterocycles. The highest BCUT2D eigenvalue weighted by atomic mass is 32.2. The largest absolute Gasteiger partial charge is 0.441 e. The zero-order chi connectivity index (χ0) is 14.6. The van der Waals surface area contributed by atoms with Crippen LogP contribution in [-0.4, -0.2) is 38.7 Å². The van der Waals surface area contributed by atoms with Gasteiger partial charge < -0.3 is 15.0 Å². The number of rotatable bonds is 6. The molecule has 20 heavy (non-hydrogen) atoms. The first-order chi connectivity index (χ1) is 9.49. The van der Waals surface area contributed by atoms with E-state index >= 15 is 0 Å². The number of aromatic nitrogens is 3. The number of alkyl halides is 3. The quantitative estimate of drug-likeness (QED) is 0.804. The minimum Gasteiger partial charge on any atom is -0.369 e. The highest BCUT2D eigenvalue weighted by molar-refractivity contribution is 8.00. The van der Waals surface area contributed by atoms with Gasteiger partial charge in [0.25, 0.3) is 0 Å². The van der Waals surface area contributed by atoms with Gasteiger partial charge in [0.2, 0.25) is 0 Å². The summed E-state index contributed by atoms with van der Waals surface area (Å²) in [6, 6.07) is 0. The Labute approximate surface area is 118 Å². The van der Waals surface area contributed by atoms with Crippen LogP contribution in [0.15, 0.2) is 18.6 Å². The first-order valence-electron chi connectivity index (χ1n) is 6.01. The first kappa shape index (κ1) is 14.8. The molecule has 0 bridgehead atoms. The fourth-order valence-electron chi connectivity index (χ4n) is 1.65. The summed E-state index contributed by atoms with van der Waals surface area (Å²) in [4.78, 5) is 8.43. The van der Waals surface area contributed by atoms with E-state index in [1.54, 1.807) is 23.0 Å². The van der Waals surface area contributed by atoms with E-state index in [1.807, 2.05) is 6.92 Å². The van der Waals surface area contributed by atoms with Gasteiger partial charge in [0, 0.05) is 31.2 Å². The number of nitrogens with one attached hydrogen (secondary N) is 2. The molecular weight excluding hydrogens is 291 g/mol. The zero-order valence-corrected chi connectivity index (χ0v) is 11.6. The van der Waals surface area contributed by atoms with Crippen LogP contribution in [-0.2, 0) is 0 Å². The van der Waals surface area contributed by atoms with Gasteiger partial charge in [-0.15, -0.1) is 0 Å². The van der Waals surface area contributed by atoms with Gasteiger partial charge in [0.05, 0.1) is 6.20 Å². The molecule has 2 rings (SSSR count). The molecule has 0 aliphatic carbocycles. The van der Waals surface area contributed by atoms with Gasteiger partial charge in [-0.3, -0.25) is 0 Å². The summed E-state index contributed by atoms with van der Waals surface area (Å²) >= 11 is -0.0584. The second-order valence-electron chi connectivity index (χ2n) is 3.88. The molecule has 0 fully saturated rings. The van der Waals surface area contributed by atoms with Crippen LogP contribution >= 0.6 is 11.8 Å². The van der Waals surface area contributed by atoms with Crippen molar-refractivity contribution in [3.63, 3.8) is 0 Å².